The fraction of sp³-hybridized carbons (Fsp3) is 0.900. The number of aliphatic hydroxyl groups is 5. The molecule has 0 aromatic carbocycles. The zero-order chi connectivity index (χ0) is 66.0. The normalized spacial score (nSPS) is 18.1. The van der Waals surface area contributed by atoms with Crippen molar-refractivity contribution in [3.8, 4) is 0 Å². The number of amides is 1. The lowest BCUT2D eigenvalue weighted by Gasteiger charge is -2.41. The molecular weight excluding hydrogens is 1130 g/mol. The van der Waals surface area contributed by atoms with E-state index in [0.717, 1.165) is 64.2 Å². The summed E-state index contributed by atoms with van der Waals surface area (Å²) < 4.78 is 17.7. The Morgan fingerprint density at radius 1 is 0.429 bits per heavy atom. The first-order valence-corrected chi connectivity index (χ1v) is 39.8. The molecule has 0 spiro atoms. The molecule has 91 heavy (non-hydrogen) atoms. The van der Waals surface area contributed by atoms with Crippen LogP contribution in [0.15, 0.2) is 36.5 Å². The van der Waals surface area contributed by atoms with Crippen molar-refractivity contribution >= 4 is 11.9 Å². The second-order valence-electron chi connectivity index (χ2n) is 27.8. The van der Waals surface area contributed by atoms with Gasteiger partial charge in [-0.3, -0.25) is 9.59 Å². The Morgan fingerprint density at radius 2 is 0.758 bits per heavy atom. The molecular formula is C80H151NO10. The summed E-state index contributed by atoms with van der Waals surface area (Å²) in [5.41, 5.74) is 0. The Labute approximate surface area is 562 Å². The van der Waals surface area contributed by atoms with E-state index in [1.54, 1.807) is 6.08 Å². The van der Waals surface area contributed by atoms with E-state index in [0.29, 0.717) is 19.3 Å². The lowest BCUT2D eigenvalue weighted by atomic mass is 9.99. The maximum atomic E-state index is 13.5. The van der Waals surface area contributed by atoms with Gasteiger partial charge in [0, 0.05) is 6.42 Å². The zero-order valence-corrected chi connectivity index (χ0v) is 60.0. The minimum absolute atomic E-state index is 0.127. The van der Waals surface area contributed by atoms with Gasteiger partial charge in [-0.2, -0.15) is 0 Å². The molecule has 1 heterocycles. The second-order valence-corrected chi connectivity index (χ2v) is 27.8. The van der Waals surface area contributed by atoms with Gasteiger partial charge >= 0.3 is 5.97 Å². The summed E-state index contributed by atoms with van der Waals surface area (Å²) in [6.45, 7) is 5.84. The number of hydrogen-bond donors (Lipinski definition) is 6. The van der Waals surface area contributed by atoms with Crippen LogP contribution in [0.5, 0.6) is 0 Å². The van der Waals surface area contributed by atoms with Gasteiger partial charge in [0.25, 0.3) is 0 Å². The van der Waals surface area contributed by atoms with Crippen LogP contribution in [0.1, 0.15) is 400 Å². The highest BCUT2D eigenvalue weighted by Gasteiger charge is 2.47. The molecule has 1 aliphatic heterocycles. The molecule has 0 aliphatic carbocycles. The van der Waals surface area contributed by atoms with E-state index in [2.05, 4.69) is 50.4 Å². The van der Waals surface area contributed by atoms with E-state index in [9.17, 15) is 35.1 Å². The molecule has 536 valence electrons. The molecule has 0 aromatic rings. The minimum Gasteiger partial charge on any atom is -0.454 e. The first-order valence-electron chi connectivity index (χ1n) is 39.8. The van der Waals surface area contributed by atoms with Crippen molar-refractivity contribution in [3.05, 3.63) is 36.5 Å². The second kappa shape index (κ2) is 67.8. The topological polar surface area (TPSA) is 175 Å². The van der Waals surface area contributed by atoms with E-state index in [1.807, 2.05) is 6.08 Å². The number of hydrogen-bond acceptors (Lipinski definition) is 10. The predicted octanol–water partition coefficient (Wildman–Crippen LogP) is 21.3. The quantitative estimate of drug-likeness (QED) is 0.0195. The third-order valence-corrected chi connectivity index (χ3v) is 19.0. The Hall–Kier alpha value is -2.12. The molecule has 0 saturated carbocycles. The standard InChI is InChI=1S/C80H151NO10/c1-4-7-10-13-16-19-22-24-26-28-30-32-34-36-38-39-41-43-45-47-49-52-55-58-61-64-67-73(84)79(88)81-71(72(83)66-63-60-57-54-51-21-18-15-12-9-6-3)70-89-80-78(77(87)76(86)74(69-82)90-80)91-75(85)68-65-62-59-56-53-50-48-46-44-42-40-37-35-33-31-29-27-25-23-20-17-14-11-8-5-2/h17,20,25,27,63,66,71-74,76-78,80,82-84,86-87H,4-16,18-19,21-24,26,28-62,64-65,67-70H2,1-3H3,(H,81,88)/b20-17-,27-25-,66-63+. The molecule has 11 heteroatoms. The third-order valence-electron chi connectivity index (χ3n) is 19.0. The summed E-state index contributed by atoms with van der Waals surface area (Å²) in [6, 6.07) is -1.02. The van der Waals surface area contributed by atoms with Crippen LogP contribution >= 0.6 is 0 Å². The largest absolute Gasteiger partial charge is 0.454 e. The summed E-state index contributed by atoms with van der Waals surface area (Å²) in [5.74, 6) is -1.17. The van der Waals surface area contributed by atoms with Gasteiger partial charge in [-0.05, 0) is 57.8 Å². The summed E-state index contributed by atoms with van der Waals surface area (Å²) >= 11 is 0. The highest BCUT2D eigenvalue weighted by atomic mass is 16.7. The number of ether oxygens (including phenoxy) is 3. The van der Waals surface area contributed by atoms with Crippen LogP contribution in [0.25, 0.3) is 0 Å². The van der Waals surface area contributed by atoms with Crippen molar-refractivity contribution in [1.82, 2.24) is 5.32 Å². The van der Waals surface area contributed by atoms with Gasteiger partial charge in [-0.15, -0.1) is 0 Å². The molecule has 11 nitrogen and oxygen atoms in total. The number of carbonyl (C=O) groups excluding carboxylic acids is 2. The maximum absolute atomic E-state index is 13.5. The average Bonchev–Trinajstić information content (AvgIpc) is 1.13. The van der Waals surface area contributed by atoms with Crippen LogP contribution in [0.2, 0.25) is 0 Å². The molecule has 0 bridgehead atoms. The Kier molecular flexibility index (Phi) is 64.8. The monoisotopic (exact) mass is 1290 g/mol. The van der Waals surface area contributed by atoms with Gasteiger partial charge in [0.05, 0.1) is 25.4 Å². The van der Waals surface area contributed by atoms with Gasteiger partial charge in [0.1, 0.15) is 24.4 Å². The Morgan fingerprint density at radius 3 is 1.14 bits per heavy atom. The molecule has 1 fully saturated rings. The fourth-order valence-electron chi connectivity index (χ4n) is 12.8. The predicted molar refractivity (Wildman–Crippen MR) is 384 cm³/mol. The van der Waals surface area contributed by atoms with Gasteiger partial charge < -0.3 is 45.1 Å². The highest BCUT2D eigenvalue weighted by Crippen LogP contribution is 2.27. The van der Waals surface area contributed by atoms with Crippen molar-refractivity contribution in [2.24, 2.45) is 0 Å². The van der Waals surface area contributed by atoms with Crippen LogP contribution in [-0.4, -0.2) is 99.6 Å². The van der Waals surface area contributed by atoms with Crippen molar-refractivity contribution < 1.29 is 49.3 Å². The molecule has 1 amide bonds. The number of allylic oxidation sites excluding steroid dienone is 5. The smallest absolute Gasteiger partial charge is 0.306 e. The molecule has 1 aliphatic rings. The Bertz CT molecular complexity index is 1620. The van der Waals surface area contributed by atoms with Crippen LogP contribution in [0.4, 0.5) is 0 Å². The third kappa shape index (κ3) is 54.7. The van der Waals surface area contributed by atoms with Crippen LogP contribution in [0, 0.1) is 0 Å². The summed E-state index contributed by atoms with van der Waals surface area (Å²) in [4.78, 5) is 26.7. The van der Waals surface area contributed by atoms with Gasteiger partial charge in [-0.25, -0.2) is 0 Å². The SMILES string of the molecule is CCCCC/C=C\C/C=C\CCCCCCCCCCCCCCCCCC(=O)OC1C(OCC(NC(=O)C(O)CCCCCCCCCCCCCCCCCCCCCCCCCCCC)C(O)/C=C/CCCCCCCCCCC)OC(CO)C(O)C1O. The van der Waals surface area contributed by atoms with E-state index in [-0.39, 0.29) is 13.0 Å². The fourth-order valence-corrected chi connectivity index (χ4v) is 12.8. The number of carbonyl (C=O) groups is 2. The van der Waals surface area contributed by atoms with Crippen molar-refractivity contribution in [2.75, 3.05) is 13.2 Å². The Balaban J connectivity index is 2.46. The molecule has 0 radical (unpaired) electrons. The number of nitrogens with one attached hydrogen (secondary N) is 1. The van der Waals surface area contributed by atoms with Crippen molar-refractivity contribution in [2.45, 2.75) is 449 Å². The maximum Gasteiger partial charge on any atom is 0.306 e. The number of unbranched alkanes of at least 4 members (excludes halogenated alkanes) is 52. The lowest BCUT2D eigenvalue weighted by molar-refractivity contribution is -0.305. The summed E-state index contributed by atoms with van der Waals surface area (Å²) in [5, 5.41) is 57.4. The lowest BCUT2D eigenvalue weighted by Crippen LogP contribution is -2.61. The summed E-state index contributed by atoms with van der Waals surface area (Å²) in [6.07, 6.45) is 75.0. The number of esters is 1. The van der Waals surface area contributed by atoms with E-state index < -0.39 is 67.4 Å². The molecule has 8 unspecified atom stereocenters. The van der Waals surface area contributed by atoms with E-state index >= 15 is 0 Å². The minimum atomic E-state index is -1.61. The average molecular weight is 1290 g/mol. The molecule has 1 saturated heterocycles. The van der Waals surface area contributed by atoms with Gasteiger partial charge in [0.2, 0.25) is 5.91 Å². The van der Waals surface area contributed by atoms with Gasteiger partial charge in [-0.1, -0.05) is 372 Å². The van der Waals surface area contributed by atoms with Crippen molar-refractivity contribution in [1.29, 1.82) is 0 Å². The van der Waals surface area contributed by atoms with Gasteiger partial charge in [0.15, 0.2) is 12.4 Å². The zero-order valence-electron chi connectivity index (χ0n) is 60.0. The van der Waals surface area contributed by atoms with E-state index in [4.69, 9.17) is 14.2 Å². The molecule has 0 aromatic heterocycles. The van der Waals surface area contributed by atoms with Crippen molar-refractivity contribution in [3.63, 3.8) is 0 Å². The highest BCUT2D eigenvalue weighted by molar-refractivity contribution is 5.80. The number of aliphatic hydroxyl groups excluding tert-OH is 5. The number of rotatable bonds is 70. The van der Waals surface area contributed by atoms with Crippen LogP contribution in [-0.2, 0) is 23.8 Å². The molecule has 1 rings (SSSR count). The van der Waals surface area contributed by atoms with Crippen LogP contribution < -0.4 is 5.32 Å². The first-order chi connectivity index (χ1) is 44.7. The molecule has 8 atom stereocenters. The first kappa shape index (κ1) is 86.9. The molecule has 6 N–H and O–H groups in total. The summed E-state index contributed by atoms with van der Waals surface area (Å²) in [7, 11) is 0. The van der Waals surface area contributed by atoms with E-state index in [1.165, 1.54) is 289 Å². The van der Waals surface area contributed by atoms with Crippen LogP contribution in [0.3, 0.4) is 0 Å².